The third-order valence-electron chi connectivity index (χ3n) is 3.44. The second-order valence-corrected chi connectivity index (χ2v) is 6.32. The molecular weight excluding hydrogens is 222 g/mol. The second-order valence-electron chi connectivity index (χ2n) is 6.32. The Morgan fingerprint density at radius 1 is 1.22 bits per heavy atom. The van der Waals surface area contributed by atoms with Gasteiger partial charge in [-0.15, -0.1) is 0 Å². The highest BCUT2D eigenvalue weighted by atomic mass is 15.2. The fraction of sp³-hybridized carbons (Fsp3) is 0.800. The zero-order chi connectivity index (χ0) is 13.8. The summed E-state index contributed by atoms with van der Waals surface area (Å²) in [5.41, 5.74) is 1.68. The maximum atomic E-state index is 4.49. The van der Waals surface area contributed by atoms with Crippen LogP contribution in [0.5, 0.6) is 0 Å². The Morgan fingerprint density at radius 2 is 1.78 bits per heavy atom. The molecule has 0 unspecified atom stereocenters. The van der Waals surface area contributed by atoms with Gasteiger partial charge in [-0.1, -0.05) is 40.2 Å². The number of amidine groups is 1. The lowest BCUT2D eigenvalue weighted by molar-refractivity contribution is 0.357. The first-order valence-corrected chi connectivity index (χ1v) is 7.00. The number of aliphatic imine (C=N–C) groups is 1. The van der Waals surface area contributed by atoms with Crippen LogP contribution in [0.15, 0.2) is 16.6 Å². The van der Waals surface area contributed by atoms with Gasteiger partial charge < -0.3 is 10.2 Å². The number of allylic oxidation sites excluding steroid dienone is 1. The summed E-state index contributed by atoms with van der Waals surface area (Å²) in [6, 6.07) is 0. The molecule has 3 heteroatoms. The molecule has 0 atom stereocenters. The number of nitrogens with zero attached hydrogens (tertiary/aromatic N) is 2. The van der Waals surface area contributed by atoms with Crippen molar-refractivity contribution in [2.45, 2.75) is 34.6 Å². The van der Waals surface area contributed by atoms with Gasteiger partial charge in [-0.3, -0.25) is 4.99 Å². The first-order valence-electron chi connectivity index (χ1n) is 7.00. The predicted octanol–water partition coefficient (Wildman–Crippen LogP) is 2.55. The summed E-state index contributed by atoms with van der Waals surface area (Å²) in [6.07, 6.45) is 2.30. The molecule has 3 nitrogen and oxygen atoms in total. The molecule has 0 aromatic heterocycles. The van der Waals surface area contributed by atoms with Crippen LogP contribution in [0.2, 0.25) is 0 Å². The molecule has 104 valence electrons. The van der Waals surface area contributed by atoms with Gasteiger partial charge in [0.1, 0.15) is 5.84 Å². The van der Waals surface area contributed by atoms with Gasteiger partial charge >= 0.3 is 0 Å². The molecule has 0 aromatic rings. The fourth-order valence-corrected chi connectivity index (χ4v) is 2.58. The van der Waals surface area contributed by atoms with E-state index in [1.807, 2.05) is 7.05 Å². The van der Waals surface area contributed by atoms with Crippen LogP contribution in [0.1, 0.15) is 34.6 Å². The van der Waals surface area contributed by atoms with Crippen LogP contribution in [0.4, 0.5) is 0 Å². The van der Waals surface area contributed by atoms with E-state index < -0.39 is 0 Å². The van der Waals surface area contributed by atoms with Gasteiger partial charge in [-0.05, 0) is 17.4 Å². The lowest BCUT2D eigenvalue weighted by Gasteiger charge is -2.32. The van der Waals surface area contributed by atoms with Crippen molar-refractivity contribution in [3.8, 4) is 0 Å². The van der Waals surface area contributed by atoms with Crippen molar-refractivity contribution in [3.63, 3.8) is 0 Å². The quantitative estimate of drug-likeness (QED) is 0.603. The van der Waals surface area contributed by atoms with E-state index in [4.69, 9.17) is 0 Å². The molecule has 1 rings (SSSR count). The Bertz CT molecular complexity index is 315. The van der Waals surface area contributed by atoms with Crippen LogP contribution >= 0.6 is 0 Å². The highest BCUT2D eigenvalue weighted by Gasteiger charge is 2.22. The average molecular weight is 251 g/mol. The fourth-order valence-electron chi connectivity index (χ4n) is 2.58. The lowest BCUT2D eigenvalue weighted by Crippen LogP contribution is -2.46. The monoisotopic (exact) mass is 251 g/mol. The van der Waals surface area contributed by atoms with Crippen LogP contribution in [0.25, 0.3) is 0 Å². The first kappa shape index (κ1) is 15.2. The van der Waals surface area contributed by atoms with E-state index in [9.17, 15) is 0 Å². The summed E-state index contributed by atoms with van der Waals surface area (Å²) in [5, 5.41) is 3.38. The molecule has 0 spiro atoms. The van der Waals surface area contributed by atoms with Gasteiger partial charge in [-0.25, -0.2) is 0 Å². The second kappa shape index (κ2) is 6.37. The van der Waals surface area contributed by atoms with Gasteiger partial charge in [0.2, 0.25) is 0 Å². The van der Waals surface area contributed by atoms with Crippen molar-refractivity contribution >= 4 is 5.84 Å². The van der Waals surface area contributed by atoms with Crippen molar-refractivity contribution in [2.75, 3.05) is 33.2 Å². The van der Waals surface area contributed by atoms with E-state index in [0.717, 1.165) is 32.0 Å². The smallest absolute Gasteiger partial charge is 0.123 e. The van der Waals surface area contributed by atoms with Crippen LogP contribution < -0.4 is 5.32 Å². The van der Waals surface area contributed by atoms with E-state index in [2.05, 4.69) is 55.9 Å². The van der Waals surface area contributed by atoms with Gasteiger partial charge in [0.25, 0.3) is 0 Å². The molecule has 0 radical (unpaired) electrons. The van der Waals surface area contributed by atoms with Crippen molar-refractivity contribution in [1.29, 1.82) is 0 Å². The van der Waals surface area contributed by atoms with Crippen LogP contribution in [-0.2, 0) is 0 Å². The Morgan fingerprint density at radius 3 is 2.17 bits per heavy atom. The summed E-state index contributed by atoms with van der Waals surface area (Å²) in [4.78, 5) is 6.87. The van der Waals surface area contributed by atoms with Crippen molar-refractivity contribution in [1.82, 2.24) is 10.2 Å². The lowest BCUT2D eigenvalue weighted by atomic mass is 9.79. The van der Waals surface area contributed by atoms with Crippen LogP contribution in [-0.4, -0.2) is 44.0 Å². The molecule has 0 aromatic carbocycles. The Hall–Kier alpha value is -0.830. The molecule has 1 aliphatic rings. The largest absolute Gasteiger partial charge is 0.354 e. The third kappa shape index (κ3) is 4.13. The number of piperazine rings is 1. The van der Waals surface area contributed by atoms with Gasteiger partial charge in [0.05, 0.1) is 0 Å². The van der Waals surface area contributed by atoms with Gasteiger partial charge in [0.15, 0.2) is 0 Å². The van der Waals surface area contributed by atoms with E-state index in [-0.39, 0.29) is 5.41 Å². The molecule has 1 saturated heterocycles. The maximum absolute atomic E-state index is 4.49. The molecule has 18 heavy (non-hydrogen) atoms. The molecular formula is C15H29N3. The molecule has 1 N–H and O–H groups in total. The summed E-state index contributed by atoms with van der Waals surface area (Å²) in [7, 11) is 1.90. The van der Waals surface area contributed by atoms with Gasteiger partial charge in [-0.2, -0.15) is 0 Å². The number of rotatable bonds is 2. The minimum atomic E-state index is 0.206. The molecule has 0 bridgehead atoms. The van der Waals surface area contributed by atoms with Crippen molar-refractivity contribution < 1.29 is 0 Å². The Labute approximate surface area is 112 Å². The summed E-state index contributed by atoms with van der Waals surface area (Å²) >= 11 is 0. The van der Waals surface area contributed by atoms with E-state index in [0.29, 0.717) is 5.92 Å². The first-order chi connectivity index (χ1) is 8.36. The summed E-state index contributed by atoms with van der Waals surface area (Å²) in [5.74, 6) is 1.69. The minimum absolute atomic E-state index is 0.206. The standard InChI is InChI=1S/C15H29N3/c1-12(2)13(15(3,4)5)11-14(16-6)18-9-7-17-8-10-18/h11-12,17H,7-10H2,1-6H3/b13-11+,16-14?. The highest BCUT2D eigenvalue weighted by molar-refractivity contribution is 5.93. The number of hydrogen-bond donors (Lipinski definition) is 1. The topological polar surface area (TPSA) is 27.6 Å². The summed E-state index contributed by atoms with van der Waals surface area (Å²) < 4.78 is 0. The zero-order valence-corrected chi connectivity index (χ0v) is 12.9. The molecule has 0 aliphatic carbocycles. The predicted molar refractivity (Wildman–Crippen MR) is 80.2 cm³/mol. The van der Waals surface area contributed by atoms with Crippen molar-refractivity contribution in [2.24, 2.45) is 16.3 Å². The Balaban J connectivity index is 2.93. The number of hydrogen-bond acceptors (Lipinski definition) is 2. The Kier molecular flexibility index (Phi) is 5.39. The molecule has 0 saturated carbocycles. The average Bonchev–Trinajstić information content (AvgIpc) is 2.29. The normalized spacial score (nSPS) is 19.6. The summed E-state index contributed by atoms with van der Waals surface area (Å²) in [6.45, 7) is 15.6. The van der Waals surface area contributed by atoms with Crippen LogP contribution in [0.3, 0.4) is 0 Å². The third-order valence-corrected chi connectivity index (χ3v) is 3.44. The van der Waals surface area contributed by atoms with E-state index in [1.54, 1.807) is 0 Å². The molecule has 1 heterocycles. The van der Waals surface area contributed by atoms with E-state index >= 15 is 0 Å². The molecule has 0 amide bonds. The SMILES string of the molecule is CN=C(/C=C(\C(C)C)C(C)(C)C)N1CCNCC1. The van der Waals surface area contributed by atoms with Crippen molar-refractivity contribution in [3.05, 3.63) is 11.6 Å². The number of nitrogens with one attached hydrogen (secondary N) is 1. The van der Waals surface area contributed by atoms with Crippen LogP contribution in [0, 0.1) is 11.3 Å². The highest BCUT2D eigenvalue weighted by Crippen LogP contribution is 2.31. The molecule has 1 fully saturated rings. The minimum Gasteiger partial charge on any atom is -0.354 e. The van der Waals surface area contributed by atoms with E-state index in [1.165, 1.54) is 5.57 Å². The molecule has 1 aliphatic heterocycles. The zero-order valence-electron chi connectivity index (χ0n) is 12.9. The maximum Gasteiger partial charge on any atom is 0.123 e. The van der Waals surface area contributed by atoms with Gasteiger partial charge in [0, 0.05) is 33.2 Å².